The monoisotopic (exact) mass is 984 g/mol. The molecule has 0 amide bonds. The van der Waals surface area contributed by atoms with Crippen LogP contribution < -0.4 is 9.80 Å². The van der Waals surface area contributed by atoms with Crippen LogP contribution in [0.15, 0.2) is 224 Å². The van der Waals surface area contributed by atoms with Crippen LogP contribution in [0.1, 0.15) is 52.7 Å². The fraction of sp³-hybridized carbons (Fsp3) is 0.114. The van der Waals surface area contributed by atoms with Gasteiger partial charge in [-0.3, -0.25) is 0 Å². The second-order valence-corrected chi connectivity index (χ2v) is 22.4. The van der Waals surface area contributed by atoms with Crippen LogP contribution in [0.5, 0.6) is 0 Å². The molecule has 15 aromatic rings. The molecule has 6 heteroatoms. The van der Waals surface area contributed by atoms with Gasteiger partial charge in [-0.2, -0.15) is 0 Å². The molecule has 366 valence electrons. The van der Waals surface area contributed by atoms with Gasteiger partial charge in [-0.15, -0.1) is 0 Å². The van der Waals surface area contributed by atoms with E-state index in [4.69, 9.17) is 17.7 Å². The molecule has 0 saturated heterocycles. The zero-order valence-electron chi connectivity index (χ0n) is 43.2. The molecule has 0 aliphatic rings. The number of furan rings is 4. The number of hydrogen-bond acceptors (Lipinski definition) is 6. The highest BCUT2D eigenvalue weighted by atomic mass is 16.3. The first-order chi connectivity index (χ1) is 37.0. The molecule has 0 atom stereocenters. The van der Waals surface area contributed by atoms with E-state index in [0.717, 1.165) is 143 Å². The standard InChI is InChI=1S/C70H52N2O4/c1-69(2,3)53-29-17-27-49-51-37-43(31-33-57(51)75-67(49)53)71(41-19-9-7-10-20-41)55-39-61-63(47-25-15-13-23-45(47)55)65-59(73-61)35-36-60-66(65)64-48-26-16-14-24-46(48)56(40-62(64)74-60)72(42-21-11-8-12-22-42)44-32-34-58-52(38-44)50-28-18-30-54(68(50)76-58)70(4,5)6/h7-40H,1-6H3. The number of para-hydroxylation sites is 4. The maximum atomic E-state index is 7.09. The molecule has 0 aliphatic carbocycles. The average Bonchev–Trinajstić information content (AvgIpc) is 4.39. The zero-order chi connectivity index (χ0) is 51.2. The third-order valence-corrected chi connectivity index (χ3v) is 15.6. The van der Waals surface area contributed by atoms with Gasteiger partial charge in [0, 0.05) is 99.9 Å². The predicted molar refractivity (Wildman–Crippen MR) is 317 cm³/mol. The van der Waals surface area contributed by atoms with Crippen LogP contribution in [0.25, 0.3) is 109 Å². The zero-order valence-corrected chi connectivity index (χ0v) is 43.2. The summed E-state index contributed by atoms with van der Waals surface area (Å²) in [5.41, 5.74) is 15.2. The molecule has 0 fully saturated rings. The van der Waals surface area contributed by atoms with Gasteiger partial charge in [-0.05, 0) is 94.4 Å². The summed E-state index contributed by atoms with van der Waals surface area (Å²) in [6, 6.07) is 73.5. The van der Waals surface area contributed by atoms with E-state index in [1.807, 2.05) is 0 Å². The predicted octanol–water partition coefficient (Wildman–Crippen LogP) is 21.1. The van der Waals surface area contributed by atoms with Crippen molar-refractivity contribution in [2.45, 2.75) is 52.4 Å². The lowest BCUT2D eigenvalue weighted by Crippen LogP contribution is -2.11. The minimum Gasteiger partial charge on any atom is -0.456 e. The second-order valence-electron chi connectivity index (χ2n) is 22.4. The molecular weight excluding hydrogens is 933 g/mol. The minimum atomic E-state index is -0.0774. The van der Waals surface area contributed by atoms with Crippen LogP contribution in [0.2, 0.25) is 0 Å². The highest BCUT2D eigenvalue weighted by molar-refractivity contribution is 6.35. The Balaban J connectivity index is 0.955. The fourth-order valence-corrected chi connectivity index (χ4v) is 12.2. The third-order valence-electron chi connectivity index (χ3n) is 15.6. The van der Waals surface area contributed by atoms with Crippen LogP contribution in [0, 0.1) is 0 Å². The molecule has 6 nitrogen and oxygen atoms in total. The molecular formula is C70H52N2O4. The van der Waals surface area contributed by atoms with E-state index >= 15 is 0 Å². The molecule has 0 unspecified atom stereocenters. The number of benzene rings is 11. The van der Waals surface area contributed by atoms with Crippen molar-refractivity contribution in [1.82, 2.24) is 0 Å². The van der Waals surface area contributed by atoms with Crippen molar-refractivity contribution in [3.8, 4) is 0 Å². The Kier molecular flexibility index (Phi) is 9.38. The average molecular weight is 985 g/mol. The Labute approximate surface area is 438 Å². The molecule has 76 heavy (non-hydrogen) atoms. The largest absolute Gasteiger partial charge is 0.456 e. The summed E-state index contributed by atoms with van der Waals surface area (Å²) >= 11 is 0. The van der Waals surface area contributed by atoms with Gasteiger partial charge >= 0.3 is 0 Å². The minimum absolute atomic E-state index is 0.0774. The van der Waals surface area contributed by atoms with E-state index in [2.05, 4.69) is 258 Å². The van der Waals surface area contributed by atoms with Gasteiger partial charge in [0.1, 0.15) is 44.7 Å². The summed E-state index contributed by atoms with van der Waals surface area (Å²) in [6.07, 6.45) is 0. The fourth-order valence-electron chi connectivity index (χ4n) is 12.2. The van der Waals surface area contributed by atoms with Crippen molar-refractivity contribution in [3.05, 3.63) is 217 Å². The normalized spacial score (nSPS) is 12.6. The van der Waals surface area contributed by atoms with E-state index in [0.29, 0.717) is 0 Å². The Morgan fingerprint density at radius 3 is 1.04 bits per heavy atom. The van der Waals surface area contributed by atoms with Gasteiger partial charge in [-0.25, -0.2) is 0 Å². The first kappa shape index (κ1) is 44.2. The Hall–Kier alpha value is -9.26. The van der Waals surface area contributed by atoms with Crippen molar-refractivity contribution in [1.29, 1.82) is 0 Å². The summed E-state index contributed by atoms with van der Waals surface area (Å²) in [6.45, 7) is 13.4. The topological polar surface area (TPSA) is 59.0 Å². The lowest BCUT2D eigenvalue weighted by atomic mass is 9.86. The number of fused-ring (bicyclic) bond motifs is 17. The van der Waals surface area contributed by atoms with Crippen molar-refractivity contribution in [2.24, 2.45) is 0 Å². The van der Waals surface area contributed by atoms with E-state index in [1.54, 1.807) is 0 Å². The molecule has 0 spiro atoms. The van der Waals surface area contributed by atoms with E-state index in [9.17, 15) is 0 Å². The number of hydrogen-bond donors (Lipinski definition) is 0. The maximum Gasteiger partial charge on any atom is 0.139 e. The summed E-state index contributed by atoms with van der Waals surface area (Å²) in [4.78, 5) is 4.71. The second kappa shape index (κ2) is 16.1. The Bertz CT molecular complexity index is 4540. The summed E-state index contributed by atoms with van der Waals surface area (Å²) in [5.74, 6) is 0. The quantitative estimate of drug-likeness (QED) is 0.165. The maximum absolute atomic E-state index is 7.09. The summed E-state index contributed by atoms with van der Waals surface area (Å²) in [7, 11) is 0. The van der Waals surface area contributed by atoms with Gasteiger partial charge in [0.15, 0.2) is 0 Å². The lowest BCUT2D eigenvalue weighted by Gasteiger charge is -2.27. The molecule has 4 aromatic heterocycles. The molecule has 0 radical (unpaired) electrons. The van der Waals surface area contributed by atoms with Crippen molar-refractivity contribution in [3.63, 3.8) is 0 Å². The van der Waals surface area contributed by atoms with Crippen molar-refractivity contribution in [2.75, 3.05) is 9.80 Å². The number of nitrogens with zero attached hydrogens (tertiary/aromatic N) is 2. The third kappa shape index (κ3) is 6.59. The van der Waals surface area contributed by atoms with Crippen LogP contribution in [0.4, 0.5) is 34.1 Å². The van der Waals surface area contributed by atoms with Crippen LogP contribution in [0.3, 0.4) is 0 Å². The van der Waals surface area contributed by atoms with Crippen LogP contribution in [-0.4, -0.2) is 0 Å². The van der Waals surface area contributed by atoms with E-state index < -0.39 is 0 Å². The van der Waals surface area contributed by atoms with E-state index in [-0.39, 0.29) is 10.8 Å². The van der Waals surface area contributed by atoms with Crippen molar-refractivity contribution >= 4 is 143 Å². The molecule has 11 aromatic carbocycles. The first-order valence-electron chi connectivity index (χ1n) is 26.2. The summed E-state index contributed by atoms with van der Waals surface area (Å²) in [5, 5.41) is 12.9. The molecule has 0 bridgehead atoms. The van der Waals surface area contributed by atoms with Gasteiger partial charge in [0.05, 0.1) is 11.4 Å². The first-order valence-corrected chi connectivity index (χ1v) is 26.2. The lowest BCUT2D eigenvalue weighted by molar-refractivity contribution is 0.572. The van der Waals surface area contributed by atoms with Gasteiger partial charge < -0.3 is 27.5 Å². The molecule has 4 heterocycles. The summed E-state index contributed by atoms with van der Waals surface area (Å²) < 4.78 is 27.5. The molecule has 15 rings (SSSR count). The van der Waals surface area contributed by atoms with Crippen LogP contribution >= 0.6 is 0 Å². The highest BCUT2D eigenvalue weighted by Crippen LogP contribution is 2.51. The van der Waals surface area contributed by atoms with Gasteiger partial charge in [0.2, 0.25) is 0 Å². The smallest absolute Gasteiger partial charge is 0.139 e. The Morgan fingerprint density at radius 2 is 0.632 bits per heavy atom. The van der Waals surface area contributed by atoms with Crippen molar-refractivity contribution < 1.29 is 17.7 Å². The Morgan fingerprint density at radius 1 is 0.263 bits per heavy atom. The number of rotatable bonds is 6. The molecule has 0 saturated carbocycles. The highest BCUT2D eigenvalue weighted by Gasteiger charge is 2.28. The van der Waals surface area contributed by atoms with Gasteiger partial charge in [0.25, 0.3) is 0 Å². The number of anilines is 6. The molecule has 0 aliphatic heterocycles. The van der Waals surface area contributed by atoms with Crippen LogP contribution in [-0.2, 0) is 10.8 Å². The van der Waals surface area contributed by atoms with Gasteiger partial charge in [-0.1, -0.05) is 163 Å². The van der Waals surface area contributed by atoms with E-state index in [1.165, 1.54) is 11.1 Å². The SMILES string of the molecule is CC(C)(C)c1cccc2c1oc1ccc(N(c3ccccc3)c3cc4oc5ccc6oc7cc(N(c8ccccc8)c8ccc9oc%10c(C(C)(C)C)cccc%10c9c8)c8ccccc8c7c6c5c4c4ccccc34)cc12. The molecule has 0 N–H and O–H groups in total.